The van der Waals surface area contributed by atoms with Gasteiger partial charge in [0.2, 0.25) is 0 Å². The van der Waals surface area contributed by atoms with Crippen molar-refractivity contribution in [1.82, 2.24) is 0 Å². The van der Waals surface area contributed by atoms with Crippen LogP contribution in [0.1, 0.15) is 0 Å². The molecular formula is C19H12N2O2. The van der Waals surface area contributed by atoms with Crippen LogP contribution in [0.4, 0.5) is 11.4 Å². The average molecular weight is 300 g/mol. The summed E-state index contributed by atoms with van der Waals surface area (Å²) < 4.78 is 12.6. The number of fused-ring (bicyclic) bond motifs is 2. The lowest BCUT2D eigenvalue weighted by Crippen LogP contribution is -2.57. The second-order valence-corrected chi connectivity index (χ2v) is 5.47. The van der Waals surface area contributed by atoms with Gasteiger partial charge in [0.15, 0.2) is 11.5 Å². The summed E-state index contributed by atoms with van der Waals surface area (Å²) in [6, 6.07) is 15.4. The molecule has 2 heterocycles. The molecule has 0 aromatic heterocycles. The molecule has 23 heavy (non-hydrogen) atoms. The van der Waals surface area contributed by atoms with Gasteiger partial charge in [0.05, 0.1) is 0 Å². The van der Waals surface area contributed by atoms with Gasteiger partial charge in [0.1, 0.15) is 22.8 Å². The van der Waals surface area contributed by atoms with Crippen LogP contribution < -0.4 is 9.47 Å². The fraction of sp³-hybridized carbons (Fsp3) is 0.0526. The Bertz CT molecular complexity index is 860. The second-order valence-electron chi connectivity index (χ2n) is 5.47. The molecule has 0 N–H and O–H groups in total. The molecular weight excluding hydrogens is 288 g/mol. The van der Waals surface area contributed by atoms with Gasteiger partial charge < -0.3 is 9.47 Å². The lowest BCUT2D eigenvalue weighted by molar-refractivity contribution is 0.00657. The molecule has 0 unspecified atom stereocenters. The Hall–Kier alpha value is -3.14. The summed E-state index contributed by atoms with van der Waals surface area (Å²) in [5.41, 5.74) is 2.96. The third kappa shape index (κ3) is 1.72. The lowest BCUT2D eigenvalue weighted by atomic mass is 10.0. The van der Waals surface area contributed by atoms with Crippen molar-refractivity contribution in [2.24, 2.45) is 9.98 Å². The molecule has 2 aromatic carbocycles. The minimum absolute atomic E-state index is 0.687. The van der Waals surface area contributed by atoms with E-state index in [1.54, 1.807) is 0 Å². The number of para-hydroxylation sites is 4. The van der Waals surface area contributed by atoms with Crippen LogP contribution in [0.5, 0.6) is 11.5 Å². The molecule has 4 heteroatoms. The first-order chi connectivity index (χ1) is 11.4. The highest BCUT2D eigenvalue weighted by Gasteiger charge is 2.50. The maximum absolute atomic E-state index is 6.28. The van der Waals surface area contributed by atoms with Crippen molar-refractivity contribution in [3.63, 3.8) is 0 Å². The Morgan fingerprint density at radius 1 is 0.652 bits per heavy atom. The van der Waals surface area contributed by atoms with Crippen molar-refractivity contribution < 1.29 is 9.47 Å². The number of hydrogen-bond acceptors (Lipinski definition) is 4. The number of nitrogens with zero attached hydrogens (tertiary/aromatic N) is 2. The highest BCUT2D eigenvalue weighted by Crippen LogP contribution is 2.43. The van der Waals surface area contributed by atoms with Crippen molar-refractivity contribution in [3.05, 3.63) is 72.8 Å². The van der Waals surface area contributed by atoms with Crippen molar-refractivity contribution >= 4 is 22.8 Å². The van der Waals surface area contributed by atoms with Crippen molar-refractivity contribution in [1.29, 1.82) is 0 Å². The van der Waals surface area contributed by atoms with E-state index in [-0.39, 0.29) is 0 Å². The van der Waals surface area contributed by atoms with Gasteiger partial charge in [-0.25, -0.2) is 9.98 Å². The minimum atomic E-state index is -1.13. The zero-order valence-electron chi connectivity index (χ0n) is 12.1. The smallest absolute Gasteiger partial charge is 0.340 e. The Morgan fingerprint density at radius 3 is 1.65 bits per heavy atom. The van der Waals surface area contributed by atoms with E-state index in [4.69, 9.17) is 19.5 Å². The molecule has 2 aromatic rings. The van der Waals surface area contributed by atoms with Gasteiger partial charge in [-0.15, -0.1) is 0 Å². The molecule has 110 valence electrons. The third-order valence-corrected chi connectivity index (χ3v) is 4.01. The lowest BCUT2D eigenvalue weighted by Gasteiger charge is -2.39. The van der Waals surface area contributed by atoms with E-state index in [9.17, 15) is 0 Å². The van der Waals surface area contributed by atoms with Crippen LogP contribution in [0.2, 0.25) is 0 Å². The maximum atomic E-state index is 6.28. The number of allylic oxidation sites excluding steroid dienone is 2. The van der Waals surface area contributed by atoms with Gasteiger partial charge in [0, 0.05) is 0 Å². The molecule has 1 spiro atoms. The van der Waals surface area contributed by atoms with Crippen LogP contribution in [-0.4, -0.2) is 17.2 Å². The summed E-state index contributed by atoms with van der Waals surface area (Å²) in [7, 11) is 0. The van der Waals surface area contributed by atoms with E-state index in [2.05, 4.69) is 0 Å². The summed E-state index contributed by atoms with van der Waals surface area (Å²) in [4.78, 5) is 9.47. The number of aliphatic imine (C=N–C) groups is 2. The van der Waals surface area contributed by atoms with Gasteiger partial charge in [-0.2, -0.15) is 0 Å². The summed E-state index contributed by atoms with van der Waals surface area (Å²) in [5.74, 6) is 0.241. The van der Waals surface area contributed by atoms with Crippen LogP contribution in [0.15, 0.2) is 82.8 Å². The highest BCUT2D eigenvalue weighted by molar-refractivity contribution is 6.25. The van der Waals surface area contributed by atoms with Crippen molar-refractivity contribution in [2.45, 2.75) is 5.79 Å². The van der Waals surface area contributed by atoms with Gasteiger partial charge in [0.25, 0.3) is 0 Å². The Morgan fingerprint density at radius 2 is 1.13 bits per heavy atom. The SMILES string of the molecule is C1=CC2=Nc3ccccc3OC23Oc2ccccc2N=C3C=C1. The Balaban J connectivity index is 1.77. The molecule has 0 atom stereocenters. The van der Waals surface area contributed by atoms with Crippen LogP contribution in [0.3, 0.4) is 0 Å². The molecule has 5 rings (SSSR count). The van der Waals surface area contributed by atoms with E-state index in [0.717, 1.165) is 11.4 Å². The molecule has 0 saturated heterocycles. The number of ether oxygens (including phenoxy) is 2. The van der Waals surface area contributed by atoms with Crippen LogP contribution >= 0.6 is 0 Å². The topological polar surface area (TPSA) is 43.2 Å². The molecule has 3 aliphatic rings. The predicted octanol–water partition coefficient (Wildman–Crippen LogP) is 4.14. The van der Waals surface area contributed by atoms with Crippen LogP contribution in [0, 0.1) is 0 Å². The van der Waals surface area contributed by atoms with Gasteiger partial charge in [-0.3, -0.25) is 0 Å². The molecule has 0 saturated carbocycles. The third-order valence-electron chi connectivity index (χ3n) is 4.01. The summed E-state index contributed by atoms with van der Waals surface area (Å²) in [6.07, 6.45) is 7.66. The van der Waals surface area contributed by atoms with Crippen LogP contribution in [-0.2, 0) is 0 Å². The zero-order valence-corrected chi connectivity index (χ0v) is 12.1. The average Bonchev–Trinajstić information content (AvgIpc) is 2.76. The maximum Gasteiger partial charge on any atom is 0.340 e. The first-order valence-electron chi connectivity index (χ1n) is 7.44. The largest absolute Gasteiger partial charge is 0.440 e. The molecule has 2 aliphatic heterocycles. The van der Waals surface area contributed by atoms with Gasteiger partial charge >= 0.3 is 5.79 Å². The number of rotatable bonds is 0. The molecule has 0 amide bonds. The van der Waals surface area contributed by atoms with Gasteiger partial charge in [-0.1, -0.05) is 36.4 Å². The number of hydrogen-bond donors (Lipinski definition) is 0. The predicted molar refractivity (Wildman–Crippen MR) is 89.3 cm³/mol. The van der Waals surface area contributed by atoms with Crippen molar-refractivity contribution in [2.75, 3.05) is 0 Å². The molecule has 0 radical (unpaired) electrons. The van der Waals surface area contributed by atoms with E-state index in [0.29, 0.717) is 22.9 Å². The van der Waals surface area contributed by atoms with E-state index < -0.39 is 5.79 Å². The fourth-order valence-corrected chi connectivity index (χ4v) is 2.94. The molecule has 1 aliphatic carbocycles. The minimum Gasteiger partial charge on any atom is -0.440 e. The first-order valence-corrected chi connectivity index (χ1v) is 7.44. The Kier molecular flexibility index (Phi) is 2.39. The van der Waals surface area contributed by atoms with E-state index >= 15 is 0 Å². The molecule has 0 bridgehead atoms. The fourth-order valence-electron chi connectivity index (χ4n) is 2.94. The normalized spacial score (nSPS) is 18.8. The summed E-state index contributed by atoms with van der Waals surface area (Å²) >= 11 is 0. The summed E-state index contributed by atoms with van der Waals surface area (Å²) in [5, 5.41) is 0. The Labute approximate surface area is 133 Å². The number of benzene rings is 2. The van der Waals surface area contributed by atoms with Crippen molar-refractivity contribution in [3.8, 4) is 11.5 Å². The standard InChI is InChI=1S/C19H12N2O2/c1-3-9-15-13(7-1)20-17-11-5-6-12-18-19(17,22-15)23-16-10-4-2-8-14(16)21-18/h1-12H. The highest BCUT2D eigenvalue weighted by atomic mass is 16.7. The monoisotopic (exact) mass is 300 g/mol. The second kappa shape index (κ2) is 4.43. The first kappa shape index (κ1) is 12.4. The van der Waals surface area contributed by atoms with Crippen LogP contribution in [0.25, 0.3) is 0 Å². The molecule has 4 nitrogen and oxygen atoms in total. The van der Waals surface area contributed by atoms with E-state index in [1.807, 2.05) is 72.8 Å². The quantitative estimate of drug-likeness (QED) is 0.734. The van der Waals surface area contributed by atoms with E-state index in [1.165, 1.54) is 0 Å². The van der Waals surface area contributed by atoms with Gasteiger partial charge in [-0.05, 0) is 36.4 Å². The molecule has 0 fully saturated rings. The summed E-state index contributed by atoms with van der Waals surface area (Å²) in [6.45, 7) is 0. The zero-order chi connectivity index (χ0) is 15.3.